The Morgan fingerprint density at radius 2 is 2.12 bits per heavy atom. The van der Waals surface area contributed by atoms with E-state index in [1.54, 1.807) is 0 Å². The summed E-state index contributed by atoms with van der Waals surface area (Å²) in [7, 11) is 2.08. The molecule has 2 N–H and O–H groups in total. The molecular formula is C12H25N3O. The van der Waals surface area contributed by atoms with Gasteiger partial charge in [-0.15, -0.1) is 0 Å². The number of nitrogens with two attached hydrogens (primary N) is 1. The molecule has 1 saturated heterocycles. The molecule has 1 fully saturated rings. The van der Waals surface area contributed by atoms with Gasteiger partial charge in [0.2, 0.25) is 5.91 Å². The van der Waals surface area contributed by atoms with Crippen LogP contribution >= 0.6 is 0 Å². The summed E-state index contributed by atoms with van der Waals surface area (Å²) in [4.78, 5) is 16.2. The zero-order valence-corrected chi connectivity index (χ0v) is 10.6. The molecule has 0 aliphatic carbocycles. The molecule has 0 aromatic rings. The summed E-state index contributed by atoms with van der Waals surface area (Å²) in [6, 6.07) is 0.216. The molecule has 1 heterocycles. The number of carbonyl (C=O) groups is 1. The van der Waals surface area contributed by atoms with Crippen molar-refractivity contribution < 1.29 is 4.79 Å². The molecule has 1 atom stereocenters. The number of rotatable bonds is 5. The monoisotopic (exact) mass is 227 g/mol. The van der Waals surface area contributed by atoms with Crippen LogP contribution in [0, 0.1) is 0 Å². The quantitative estimate of drug-likeness (QED) is 0.702. The van der Waals surface area contributed by atoms with Crippen molar-refractivity contribution in [1.29, 1.82) is 0 Å². The largest absolute Gasteiger partial charge is 0.336 e. The number of likely N-dealkylation sites (N-methyl/N-ethyl adjacent to an activating group) is 1. The van der Waals surface area contributed by atoms with Crippen molar-refractivity contribution >= 4 is 5.91 Å². The highest BCUT2D eigenvalue weighted by molar-refractivity contribution is 5.76. The third-order valence-electron chi connectivity index (χ3n) is 3.27. The van der Waals surface area contributed by atoms with E-state index in [0.717, 1.165) is 38.9 Å². The van der Waals surface area contributed by atoms with E-state index in [4.69, 9.17) is 5.73 Å². The second-order valence-corrected chi connectivity index (χ2v) is 4.70. The Hall–Kier alpha value is -0.610. The minimum Gasteiger partial charge on any atom is -0.336 e. The topological polar surface area (TPSA) is 49.6 Å². The van der Waals surface area contributed by atoms with Crippen molar-refractivity contribution in [1.82, 2.24) is 9.80 Å². The van der Waals surface area contributed by atoms with Gasteiger partial charge in [0.05, 0.1) is 6.04 Å². The molecule has 1 unspecified atom stereocenters. The van der Waals surface area contributed by atoms with Gasteiger partial charge in [0.15, 0.2) is 0 Å². The lowest BCUT2D eigenvalue weighted by molar-refractivity contribution is -0.135. The average Bonchev–Trinajstić information content (AvgIpc) is 2.29. The summed E-state index contributed by atoms with van der Waals surface area (Å²) >= 11 is 0. The Labute approximate surface area is 98.8 Å². The van der Waals surface area contributed by atoms with Crippen molar-refractivity contribution in [2.24, 2.45) is 5.73 Å². The molecule has 4 heteroatoms. The summed E-state index contributed by atoms with van der Waals surface area (Å²) in [5, 5.41) is 0. The highest BCUT2D eigenvalue weighted by Crippen LogP contribution is 2.11. The van der Waals surface area contributed by atoms with Gasteiger partial charge in [-0.1, -0.05) is 19.8 Å². The van der Waals surface area contributed by atoms with E-state index < -0.39 is 0 Å². The van der Waals surface area contributed by atoms with Gasteiger partial charge in [-0.05, 0) is 13.5 Å². The lowest BCUT2D eigenvalue weighted by atomic mass is 10.1. The Balaban J connectivity index is 2.40. The van der Waals surface area contributed by atoms with Gasteiger partial charge in [0.1, 0.15) is 0 Å². The van der Waals surface area contributed by atoms with E-state index in [0.29, 0.717) is 13.0 Å². The van der Waals surface area contributed by atoms with Crippen LogP contribution in [-0.4, -0.2) is 55.0 Å². The van der Waals surface area contributed by atoms with Crippen LogP contribution in [0.2, 0.25) is 0 Å². The Kier molecular flexibility index (Phi) is 5.77. The molecule has 0 radical (unpaired) electrons. The molecule has 94 valence electrons. The summed E-state index contributed by atoms with van der Waals surface area (Å²) in [6.45, 7) is 5.45. The molecule has 0 aromatic heterocycles. The SMILES string of the molecule is CCCCCC(=O)N1CCN(C)CC1CN. The number of amides is 1. The third-order valence-corrected chi connectivity index (χ3v) is 3.27. The predicted octanol–water partition coefficient (Wildman–Crippen LogP) is 0.668. The molecule has 1 aliphatic heterocycles. The van der Waals surface area contributed by atoms with Gasteiger partial charge in [0.25, 0.3) is 0 Å². The molecule has 1 rings (SSSR count). The van der Waals surface area contributed by atoms with E-state index >= 15 is 0 Å². The van der Waals surface area contributed by atoms with Crippen molar-refractivity contribution in [3.05, 3.63) is 0 Å². The number of carbonyl (C=O) groups excluding carboxylic acids is 1. The normalized spacial score (nSPS) is 22.4. The first-order valence-corrected chi connectivity index (χ1v) is 6.37. The van der Waals surface area contributed by atoms with Crippen molar-refractivity contribution in [2.45, 2.75) is 38.6 Å². The first-order valence-electron chi connectivity index (χ1n) is 6.37. The van der Waals surface area contributed by atoms with E-state index in [-0.39, 0.29) is 11.9 Å². The number of unbranched alkanes of at least 4 members (excludes halogenated alkanes) is 2. The first kappa shape index (κ1) is 13.5. The van der Waals surface area contributed by atoms with E-state index in [2.05, 4.69) is 18.9 Å². The van der Waals surface area contributed by atoms with Crippen LogP contribution in [0.5, 0.6) is 0 Å². The van der Waals surface area contributed by atoms with E-state index in [9.17, 15) is 4.79 Å². The molecule has 0 bridgehead atoms. The first-order chi connectivity index (χ1) is 7.69. The van der Waals surface area contributed by atoms with Crippen LogP contribution in [0.25, 0.3) is 0 Å². The van der Waals surface area contributed by atoms with Crippen molar-refractivity contribution in [3.8, 4) is 0 Å². The lowest BCUT2D eigenvalue weighted by Crippen LogP contribution is -2.56. The molecule has 0 aromatic carbocycles. The summed E-state index contributed by atoms with van der Waals surface area (Å²) in [5.41, 5.74) is 5.73. The maximum atomic E-state index is 12.0. The molecule has 0 spiro atoms. The van der Waals surface area contributed by atoms with Gasteiger partial charge >= 0.3 is 0 Å². The van der Waals surface area contributed by atoms with Crippen LogP contribution in [0.1, 0.15) is 32.6 Å². The maximum Gasteiger partial charge on any atom is 0.222 e. The smallest absolute Gasteiger partial charge is 0.222 e. The van der Waals surface area contributed by atoms with Crippen molar-refractivity contribution in [2.75, 3.05) is 33.2 Å². The summed E-state index contributed by atoms with van der Waals surface area (Å²) in [5.74, 6) is 0.289. The highest BCUT2D eigenvalue weighted by Gasteiger charge is 2.27. The van der Waals surface area contributed by atoms with Gasteiger partial charge in [0, 0.05) is 32.6 Å². The van der Waals surface area contributed by atoms with Gasteiger partial charge < -0.3 is 15.5 Å². The molecule has 1 aliphatic rings. The minimum absolute atomic E-state index is 0.216. The highest BCUT2D eigenvalue weighted by atomic mass is 16.2. The van der Waals surface area contributed by atoms with E-state index in [1.807, 2.05) is 4.90 Å². The number of hydrogen-bond donors (Lipinski definition) is 1. The van der Waals surface area contributed by atoms with Gasteiger partial charge in [-0.25, -0.2) is 0 Å². The Morgan fingerprint density at radius 3 is 2.75 bits per heavy atom. The average molecular weight is 227 g/mol. The number of nitrogens with zero attached hydrogens (tertiary/aromatic N) is 2. The zero-order chi connectivity index (χ0) is 12.0. The molecule has 4 nitrogen and oxygen atoms in total. The van der Waals surface area contributed by atoms with Gasteiger partial charge in [-0.3, -0.25) is 4.79 Å². The number of piperazine rings is 1. The fraction of sp³-hybridized carbons (Fsp3) is 0.917. The molecular weight excluding hydrogens is 202 g/mol. The van der Waals surface area contributed by atoms with Gasteiger partial charge in [-0.2, -0.15) is 0 Å². The summed E-state index contributed by atoms with van der Waals surface area (Å²) < 4.78 is 0. The Bertz CT molecular complexity index is 220. The van der Waals surface area contributed by atoms with Crippen LogP contribution in [0.3, 0.4) is 0 Å². The second kappa shape index (κ2) is 6.86. The molecule has 16 heavy (non-hydrogen) atoms. The standard InChI is InChI=1S/C12H25N3O/c1-3-4-5-6-12(16)15-8-7-14(2)10-11(15)9-13/h11H,3-10,13H2,1-2H3. The van der Waals surface area contributed by atoms with Crippen molar-refractivity contribution in [3.63, 3.8) is 0 Å². The lowest BCUT2D eigenvalue weighted by Gasteiger charge is -2.39. The predicted molar refractivity (Wildman–Crippen MR) is 66.2 cm³/mol. The summed E-state index contributed by atoms with van der Waals surface area (Å²) in [6.07, 6.45) is 4.01. The fourth-order valence-electron chi connectivity index (χ4n) is 2.21. The zero-order valence-electron chi connectivity index (χ0n) is 10.6. The Morgan fingerprint density at radius 1 is 1.38 bits per heavy atom. The van der Waals surface area contributed by atoms with Crippen LogP contribution in [0.4, 0.5) is 0 Å². The minimum atomic E-state index is 0.216. The molecule has 0 saturated carbocycles. The fourth-order valence-corrected chi connectivity index (χ4v) is 2.21. The number of hydrogen-bond acceptors (Lipinski definition) is 3. The van der Waals surface area contributed by atoms with Crippen LogP contribution < -0.4 is 5.73 Å². The molecule has 1 amide bonds. The maximum absolute atomic E-state index is 12.0. The third kappa shape index (κ3) is 3.76. The van der Waals surface area contributed by atoms with Crippen LogP contribution in [0.15, 0.2) is 0 Å². The van der Waals surface area contributed by atoms with E-state index in [1.165, 1.54) is 0 Å². The second-order valence-electron chi connectivity index (χ2n) is 4.70. The van der Waals surface area contributed by atoms with Crippen LogP contribution in [-0.2, 0) is 4.79 Å².